The second-order valence-electron chi connectivity index (χ2n) is 4.99. The van der Waals surface area contributed by atoms with E-state index >= 15 is 0 Å². The van der Waals surface area contributed by atoms with Gasteiger partial charge in [0.15, 0.2) is 0 Å². The molecule has 0 radical (unpaired) electrons. The van der Waals surface area contributed by atoms with Crippen molar-refractivity contribution in [1.29, 1.82) is 0 Å². The molecule has 0 unspecified atom stereocenters. The summed E-state index contributed by atoms with van der Waals surface area (Å²) >= 11 is 0. The number of carbonyl (C=O) groups is 1. The van der Waals surface area contributed by atoms with Crippen molar-refractivity contribution in [2.45, 2.75) is 12.8 Å². The highest BCUT2D eigenvalue weighted by atomic mass is 19.4. The van der Waals surface area contributed by atoms with Crippen LogP contribution in [-0.4, -0.2) is 24.2 Å². The van der Waals surface area contributed by atoms with Crippen molar-refractivity contribution in [1.82, 2.24) is 5.32 Å². The van der Waals surface area contributed by atoms with Crippen LogP contribution in [-0.2, 0) is 12.8 Å². The normalized spacial score (nSPS) is 11.2. The molecule has 2 aromatic rings. The van der Waals surface area contributed by atoms with Gasteiger partial charge in [0, 0.05) is 12.1 Å². The van der Waals surface area contributed by atoms with Gasteiger partial charge in [0.05, 0.1) is 12.2 Å². The second kappa shape index (κ2) is 7.83. The van der Waals surface area contributed by atoms with Crippen molar-refractivity contribution in [2.75, 3.05) is 13.2 Å². The number of alkyl halides is 3. The lowest BCUT2D eigenvalue weighted by Gasteiger charge is -2.09. The van der Waals surface area contributed by atoms with Crippen molar-refractivity contribution in [2.24, 2.45) is 0 Å². The Morgan fingerprint density at radius 3 is 2.21 bits per heavy atom. The molecule has 128 valence electrons. The number of amides is 1. The van der Waals surface area contributed by atoms with Crippen LogP contribution in [0.5, 0.6) is 5.75 Å². The zero-order valence-corrected chi connectivity index (χ0v) is 12.6. The monoisotopic (exact) mass is 339 g/mol. The van der Waals surface area contributed by atoms with Gasteiger partial charge in [-0.2, -0.15) is 13.2 Å². The lowest BCUT2D eigenvalue weighted by Crippen LogP contribution is -2.26. The first-order valence-corrected chi connectivity index (χ1v) is 7.18. The Kier molecular flexibility index (Phi) is 5.81. The Balaban J connectivity index is 1.91. The molecule has 1 amide bonds. The van der Waals surface area contributed by atoms with E-state index in [2.05, 4.69) is 5.32 Å². The number of aliphatic hydroxyl groups excluding tert-OH is 1. The lowest BCUT2D eigenvalue weighted by atomic mass is 10.1. The maximum Gasteiger partial charge on any atom is 0.416 e. The number of rotatable bonds is 6. The molecule has 0 aliphatic rings. The first kappa shape index (κ1) is 17.8. The maximum absolute atomic E-state index is 12.5. The summed E-state index contributed by atoms with van der Waals surface area (Å²) < 4.78 is 42.9. The smallest absolute Gasteiger partial charge is 0.416 e. The quantitative estimate of drug-likeness (QED) is 0.851. The van der Waals surface area contributed by atoms with Gasteiger partial charge < -0.3 is 15.2 Å². The second-order valence-corrected chi connectivity index (χ2v) is 4.99. The van der Waals surface area contributed by atoms with Crippen LogP contribution in [0.4, 0.5) is 13.2 Å². The zero-order chi connectivity index (χ0) is 17.6. The molecule has 0 fully saturated rings. The molecule has 0 aromatic heterocycles. The van der Waals surface area contributed by atoms with Gasteiger partial charge in [0.2, 0.25) is 0 Å². The predicted octanol–water partition coefficient (Wildman–Crippen LogP) is 3.01. The van der Waals surface area contributed by atoms with E-state index in [0.717, 1.165) is 12.1 Å². The van der Waals surface area contributed by atoms with Crippen LogP contribution in [0.2, 0.25) is 0 Å². The van der Waals surface area contributed by atoms with Crippen molar-refractivity contribution in [3.8, 4) is 5.75 Å². The van der Waals surface area contributed by atoms with Crippen LogP contribution in [0, 0.1) is 0 Å². The molecule has 7 heteroatoms. The molecule has 0 saturated carbocycles. The fourth-order valence-corrected chi connectivity index (χ4v) is 1.93. The SMILES string of the molecule is O=C(NCCO)c1ccc(OCc2ccc(C(F)(F)F)cc2)cc1. The molecule has 0 aliphatic carbocycles. The van der Waals surface area contributed by atoms with Gasteiger partial charge in [-0.25, -0.2) is 0 Å². The fraction of sp³-hybridized carbons (Fsp3) is 0.235. The van der Waals surface area contributed by atoms with Crippen LogP contribution in [0.3, 0.4) is 0 Å². The minimum Gasteiger partial charge on any atom is -0.489 e. The van der Waals surface area contributed by atoms with Gasteiger partial charge in [-0.3, -0.25) is 4.79 Å². The predicted molar refractivity (Wildman–Crippen MR) is 81.6 cm³/mol. The average Bonchev–Trinajstić information content (AvgIpc) is 2.58. The fourth-order valence-electron chi connectivity index (χ4n) is 1.93. The molecule has 2 aromatic carbocycles. The first-order valence-electron chi connectivity index (χ1n) is 7.18. The number of ether oxygens (including phenoxy) is 1. The number of carbonyl (C=O) groups excluding carboxylic acids is 1. The molecule has 4 nitrogen and oxygen atoms in total. The Bertz CT molecular complexity index is 667. The summed E-state index contributed by atoms with van der Waals surface area (Å²) in [6, 6.07) is 11.1. The van der Waals surface area contributed by atoms with Gasteiger partial charge in [-0.15, -0.1) is 0 Å². The molecule has 0 saturated heterocycles. The molecule has 24 heavy (non-hydrogen) atoms. The third-order valence-corrected chi connectivity index (χ3v) is 3.20. The zero-order valence-electron chi connectivity index (χ0n) is 12.6. The molecular weight excluding hydrogens is 323 g/mol. The van der Waals surface area contributed by atoms with Gasteiger partial charge >= 0.3 is 6.18 Å². The standard InChI is InChI=1S/C17H16F3NO3/c18-17(19,20)14-5-1-12(2-6-14)11-24-15-7-3-13(4-8-15)16(23)21-9-10-22/h1-8,22H,9-11H2,(H,21,23). The van der Waals surface area contributed by atoms with Crippen LogP contribution < -0.4 is 10.1 Å². The minimum absolute atomic E-state index is 0.119. The van der Waals surface area contributed by atoms with E-state index in [4.69, 9.17) is 9.84 Å². The highest BCUT2D eigenvalue weighted by molar-refractivity contribution is 5.94. The molecule has 0 aliphatic heterocycles. The topological polar surface area (TPSA) is 58.6 Å². The lowest BCUT2D eigenvalue weighted by molar-refractivity contribution is -0.137. The highest BCUT2D eigenvalue weighted by Crippen LogP contribution is 2.29. The van der Waals surface area contributed by atoms with E-state index in [9.17, 15) is 18.0 Å². The van der Waals surface area contributed by atoms with Crippen LogP contribution in [0.1, 0.15) is 21.5 Å². The summed E-state index contributed by atoms with van der Waals surface area (Å²) in [6.45, 7) is 0.152. The van der Waals surface area contributed by atoms with Gasteiger partial charge in [-0.05, 0) is 42.0 Å². The summed E-state index contributed by atoms with van der Waals surface area (Å²) in [5.41, 5.74) is 0.322. The van der Waals surface area contributed by atoms with Crippen molar-refractivity contribution >= 4 is 5.91 Å². The Hall–Kier alpha value is -2.54. The number of aliphatic hydroxyl groups is 1. The molecule has 0 bridgehead atoms. The molecular formula is C17H16F3NO3. The summed E-state index contributed by atoms with van der Waals surface area (Å²) in [6.07, 6.45) is -4.36. The number of benzene rings is 2. The van der Waals surface area contributed by atoms with E-state index < -0.39 is 11.7 Å². The summed E-state index contributed by atoms with van der Waals surface area (Å²) in [7, 11) is 0. The third-order valence-electron chi connectivity index (χ3n) is 3.20. The highest BCUT2D eigenvalue weighted by Gasteiger charge is 2.29. The molecule has 0 atom stereocenters. The summed E-state index contributed by atoms with van der Waals surface area (Å²) in [5, 5.41) is 11.2. The Morgan fingerprint density at radius 2 is 1.67 bits per heavy atom. The van der Waals surface area contributed by atoms with Crippen LogP contribution >= 0.6 is 0 Å². The summed E-state index contributed by atoms with van der Waals surface area (Å²) in [4.78, 5) is 11.7. The first-order chi connectivity index (χ1) is 11.4. The van der Waals surface area contributed by atoms with Crippen molar-refractivity contribution < 1.29 is 27.8 Å². The van der Waals surface area contributed by atoms with Crippen molar-refractivity contribution in [3.05, 3.63) is 65.2 Å². The molecule has 0 spiro atoms. The third kappa shape index (κ3) is 4.99. The Morgan fingerprint density at radius 1 is 1.04 bits per heavy atom. The Labute approximate surface area is 136 Å². The molecule has 0 heterocycles. The molecule has 2 rings (SSSR count). The van der Waals surface area contributed by atoms with E-state index in [0.29, 0.717) is 16.9 Å². The number of hydrogen-bond acceptors (Lipinski definition) is 3. The van der Waals surface area contributed by atoms with E-state index in [1.54, 1.807) is 24.3 Å². The maximum atomic E-state index is 12.5. The van der Waals surface area contributed by atoms with Gasteiger partial charge in [0.1, 0.15) is 12.4 Å². The number of nitrogens with one attached hydrogen (secondary N) is 1. The summed E-state index contributed by atoms with van der Waals surface area (Å²) in [5.74, 6) is 0.187. The minimum atomic E-state index is -4.36. The largest absolute Gasteiger partial charge is 0.489 e. The van der Waals surface area contributed by atoms with Crippen molar-refractivity contribution in [3.63, 3.8) is 0 Å². The van der Waals surface area contributed by atoms with E-state index in [1.165, 1.54) is 12.1 Å². The van der Waals surface area contributed by atoms with Gasteiger partial charge in [-0.1, -0.05) is 12.1 Å². The van der Waals surface area contributed by atoms with Crippen LogP contribution in [0.25, 0.3) is 0 Å². The molecule has 2 N–H and O–H groups in total. The van der Waals surface area contributed by atoms with E-state index in [1.807, 2.05) is 0 Å². The number of hydrogen-bond donors (Lipinski definition) is 2. The van der Waals surface area contributed by atoms with E-state index in [-0.39, 0.29) is 25.7 Å². The van der Waals surface area contributed by atoms with Crippen LogP contribution in [0.15, 0.2) is 48.5 Å². The van der Waals surface area contributed by atoms with Gasteiger partial charge in [0.25, 0.3) is 5.91 Å². The number of halogens is 3. The average molecular weight is 339 g/mol.